The SMILES string of the molecule is C#CCC(C)NC(CCC)C(=O)OCC. The van der Waals surface area contributed by atoms with E-state index in [0.717, 1.165) is 12.8 Å². The van der Waals surface area contributed by atoms with E-state index in [1.807, 2.05) is 20.8 Å². The van der Waals surface area contributed by atoms with Crippen molar-refractivity contribution < 1.29 is 9.53 Å². The topological polar surface area (TPSA) is 38.3 Å². The van der Waals surface area contributed by atoms with Crippen LogP contribution in [0.5, 0.6) is 0 Å². The van der Waals surface area contributed by atoms with E-state index in [2.05, 4.69) is 11.2 Å². The molecule has 15 heavy (non-hydrogen) atoms. The number of nitrogens with one attached hydrogen (secondary N) is 1. The zero-order chi connectivity index (χ0) is 11.7. The smallest absolute Gasteiger partial charge is 0.323 e. The van der Waals surface area contributed by atoms with Gasteiger partial charge in [0.25, 0.3) is 0 Å². The number of hydrogen-bond donors (Lipinski definition) is 1. The van der Waals surface area contributed by atoms with Crippen LogP contribution in [0, 0.1) is 12.3 Å². The minimum Gasteiger partial charge on any atom is -0.465 e. The van der Waals surface area contributed by atoms with Gasteiger partial charge in [0.1, 0.15) is 6.04 Å². The molecule has 3 heteroatoms. The Labute approximate surface area is 92.6 Å². The Balaban J connectivity index is 4.14. The molecule has 0 aliphatic rings. The highest BCUT2D eigenvalue weighted by molar-refractivity contribution is 5.75. The van der Waals surface area contributed by atoms with Crippen molar-refractivity contribution in [2.24, 2.45) is 0 Å². The normalized spacial score (nSPS) is 14.0. The summed E-state index contributed by atoms with van der Waals surface area (Å²) in [5.41, 5.74) is 0. The summed E-state index contributed by atoms with van der Waals surface area (Å²) in [6.45, 7) is 6.25. The molecule has 2 atom stereocenters. The largest absolute Gasteiger partial charge is 0.465 e. The zero-order valence-electron chi connectivity index (χ0n) is 9.88. The number of terminal acetylenes is 1. The van der Waals surface area contributed by atoms with E-state index in [4.69, 9.17) is 11.2 Å². The van der Waals surface area contributed by atoms with Crippen molar-refractivity contribution in [2.75, 3.05) is 6.61 Å². The van der Waals surface area contributed by atoms with Crippen LogP contribution in [0.25, 0.3) is 0 Å². The van der Waals surface area contributed by atoms with E-state index in [0.29, 0.717) is 13.0 Å². The van der Waals surface area contributed by atoms with Gasteiger partial charge >= 0.3 is 5.97 Å². The Morgan fingerprint density at radius 1 is 1.53 bits per heavy atom. The van der Waals surface area contributed by atoms with E-state index in [-0.39, 0.29) is 18.1 Å². The monoisotopic (exact) mass is 211 g/mol. The fourth-order valence-corrected chi connectivity index (χ4v) is 1.38. The fraction of sp³-hybridized carbons (Fsp3) is 0.750. The van der Waals surface area contributed by atoms with Crippen LogP contribution in [0.15, 0.2) is 0 Å². The number of carbonyl (C=O) groups excluding carboxylic acids is 1. The molecule has 0 saturated heterocycles. The number of ether oxygens (including phenoxy) is 1. The molecule has 0 amide bonds. The summed E-state index contributed by atoms with van der Waals surface area (Å²) in [5.74, 6) is 2.39. The van der Waals surface area contributed by atoms with E-state index < -0.39 is 0 Å². The number of hydrogen-bond acceptors (Lipinski definition) is 3. The maximum Gasteiger partial charge on any atom is 0.323 e. The third kappa shape index (κ3) is 6.14. The van der Waals surface area contributed by atoms with Crippen LogP contribution in [0.4, 0.5) is 0 Å². The van der Waals surface area contributed by atoms with E-state index in [9.17, 15) is 4.79 Å². The second-order valence-electron chi connectivity index (χ2n) is 3.57. The Morgan fingerprint density at radius 3 is 2.67 bits per heavy atom. The lowest BCUT2D eigenvalue weighted by Gasteiger charge is -2.20. The molecule has 0 saturated carbocycles. The van der Waals surface area contributed by atoms with Gasteiger partial charge in [-0.25, -0.2) is 0 Å². The average molecular weight is 211 g/mol. The molecule has 0 spiro atoms. The van der Waals surface area contributed by atoms with Crippen molar-refractivity contribution in [3.63, 3.8) is 0 Å². The summed E-state index contributed by atoms with van der Waals surface area (Å²) in [6, 6.07) is -0.0748. The maximum absolute atomic E-state index is 11.5. The summed E-state index contributed by atoms with van der Waals surface area (Å²) in [5, 5.41) is 3.19. The minimum atomic E-state index is -0.224. The molecular weight excluding hydrogens is 190 g/mol. The molecule has 0 aliphatic heterocycles. The van der Waals surface area contributed by atoms with Crippen molar-refractivity contribution in [1.82, 2.24) is 5.32 Å². The Bertz CT molecular complexity index is 220. The highest BCUT2D eigenvalue weighted by Gasteiger charge is 2.19. The van der Waals surface area contributed by atoms with Gasteiger partial charge in [-0.05, 0) is 20.3 Å². The molecule has 0 heterocycles. The maximum atomic E-state index is 11.5. The Morgan fingerprint density at radius 2 is 2.20 bits per heavy atom. The highest BCUT2D eigenvalue weighted by atomic mass is 16.5. The summed E-state index contributed by atoms with van der Waals surface area (Å²) in [4.78, 5) is 11.5. The van der Waals surface area contributed by atoms with E-state index in [1.54, 1.807) is 0 Å². The average Bonchev–Trinajstić information content (AvgIpc) is 2.18. The molecule has 0 aliphatic carbocycles. The van der Waals surface area contributed by atoms with Gasteiger partial charge in [0.05, 0.1) is 6.61 Å². The van der Waals surface area contributed by atoms with Crippen LogP contribution < -0.4 is 5.32 Å². The Hall–Kier alpha value is -1.01. The molecule has 3 nitrogen and oxygen atoms in total. The molecule has 86 valence electrons. The van der Waals surface area contributed by atoms with Crippen molar-refractivity contribution in [3.8, 4) is 12.3 Å². The first-order chi connectivity index (χ1) is 7.15. The second-order valence-corrected chi connectivity index (χ2v) is 3.57. The second kappa shape index (κ2) is 8.31. The Kier molecular flexibility index (Phi) is 7.75. The van der Waals surface area contributed by atoms with Gasteiger partial charge in [-0.2, -0.15) is 0 Å². The summed E-state index contributed by atoms with van der Waals surface area (Å²) in [6.07, 6.45) is 7.56. The molecular formula is C12H21NO2. The third-order valence-electron chi connectivity index (χ3n) is 2.06. The molecule has 0 bridgehead atoms. The quantitative estimate of drug-likeness (QED) is 0.515. The molecule has 2 unspecified atom stereocenters. The van der Waals surface area contributed by atoms with E-state index >= 15 is 0 Å². The van der Waals surface area contributed by atoms with Gasteiger partial charge in [-0.15, -0.1) is 12.3 Å². The highest BCUT2D eigenvalue weighted by Crippen LogP contribution is 2.02. The lowest BCUT2D eigenvalue weighted by atomic mass is 10.1. The van der Waals surface area contributed by atoms with Crippen molar-refractivity contribution in [3.05, 3.63) is 0 Å². The van der Waals surface area contributed by atoms with Crippen LogP contribution in [0.3, 0.4) is 0 Å². The summed E-state index contributed by atoms with van der Waals surface area (Å²) in [7, 11) is 0. The van der Waals surface area contributed by atoms with Gasteiger partial charge in [-0.3, -0.25) is 4.79 Å². The molecule has 0 aromatic carbocycles. The zero-order valence-corrected chi connectivity index (χ0v) is 9.88. The van der Waals surface area contributed by atoms with Gasteiger partial charge in [0.15, 0.2) is 0 Å². The number of esters is 1. The first-order valence-electron chi connectivity index (χ1n) is 5.51. The fourth-order valence-electron chi connectivity index (χ4n) is 1.38. The van der Waals surface area contributed by atoms with Crippen molar-refractivity contribution in [1.29, 1.82) is 0 Å². The summed E-state index contributed by atoms with van der Waals surface area (Å²) < 4.78 is 4.98. The van der Waals surface area contributed by atoms with E-state index in [1.165, 1.54) is 0 Å². The standard InChI is InChI=1S/C12H21NO2/c1-5-8-10(4)13-11(9-6-2)12(14)15-7-3/h1,10-11,13H,6-9H2,2-4H3. The predicted octanol–water partition coefficient (Wildman–Crippen LogP) is 1.72. The van der Waals surface area contributed by atoms with Crippen molar-refractivity contribution in [2.45, 2.75) is 52.1 Å². The summed E-state index contributed by atoms with van der Waals surface area (Å²) >= 11 is 0. The minimum absolute atomic E-state index is 0.149. The molecule has 0 radical (unpaired) electrons. The first kappa shape index (κ1) is 14.0. The number of rotatable bonds is 7. The van der Waals surface area contributed by atoms with Gasteiger partial charge in [0.2, 0.25) is 0 Å². The molecule has 0 aromatic heterocycles. The number of carbonyl (C=O) groups is 1. The third-order valence-corrected chi connectivity index (χ3v) is 2.06. The van der Waals surface area contributed by atoms with Crippen LogP contribution >= 0.6 is 0 Å². The molecule has 0 fully saturated rings. The molecule has 1 N–H and O–H groups in total. The van der Waals surface area contributed by atoms with Gasteiger partial charge < -0.3 is 10.1 Å². The van der Waals surface area contributed by atoms with Crippen LogP contribution in [-0.2, 0) is 9.53 Å². The van der Waals surface area contributed by atoms with Crippen LogP contribution in [0.2, 0.25) is 0 Å². The van der Waals surface area contributed by atoms with Crippen molar-refractivity contribution >= 4 is 5.97 Å². The lowest BCUT2D eigenvalue weighted by Crippen LogP contribution is -2.42. The van der Waals surface area contributed by atoms with Crippen LogP contribution in [-0.4, -0.2) is 24.7 Å². The predicted molar refractivity (Wildman–Crippen MR) is 61.4 cm³/mol. The van der Waals surface area contributed by atoms with Gasteiger partial charge in [0, 0.05) is 12.5 Å². The van der Waals surface area contributed by atoms with Gasteiger partial charge in [-0.1, -0.05) is 13.3 Å². The first-order valence-corrected chi connectivity index (χ1v) is 5.51. The van der Waals surface area contributed by atoms with Crippen LogP contribution in [0.1, 0.15) is 40.0 Å². The molecule has 0 aromatic rings. The lowest BCUT2D eigenvalue weighted by molar-refractivity contribution is -0.146. The molecule has 0 rings (SSSR count).